The second-order valence-corrected chi connectivity index (χ2v) is 5.79. The maximum Gasteiger partial charge on any atom is 0.142 e. The molecule has 0 unspecified atom stereocenters. The van der Waals surface area contributed by atoms with Gasteiger partial charge in [-0.1, -0.05) is 38.3 Å². The Balaban J connectivity index is 2.05. The third kappa shape index (κ3) is 4.86. The Morgan fingerprint density at radius 3 is 2.86 bits per heavy atom. The minimum absolute atomic E-state index is 0.441. The number of para-hydroxylation sites is 1. The molecule has 1 aliphatic rings. The van der Waals surface area contributed by atoms with E-state index in [-0.39, 0.29) is 0 Å². The average molecular weight is 301 g/mol. The second kappa shape index (κ2) is 8.57. The highest BCUT2D eigenvalue weighted by Gasteiger charge is 2.19. The van der Waals surface area contributed by atoms with Crippen LogP contribution < -0.4 is 10.1 Å². The van der Waals surface area contributed by atoms with Crippen molar-refractivity contribution in [3.63, 3.8) is 0 Å². The first-order valence-electron chi connectivity index (χ1n) is 8.29. The first-order chi connectivity index (χ1) is 10.8. The van der Waals surface area contributed by atoms with Crippen molar-refractivity contribution in [2.75, 3.05) is 19.0 Å². The van der Waals surface area contributed by atoms with Gasteiger partial charge in [0.1, 0.15) is 5.75 Å². The third-order valence-corrected chi connectivity index (χ3v) is 3.83. The van der Waals surface area contributed by atoms with Gasteiger partial charge in [0.05, 0.1) is 24.6 Å². The van der Waals surface area contributed by atoms with E-state index < -0.39 is 0 Å². The number of benzene rings is 1. The van der Waals surface area contributed by atoms with Crippen LogP contribution in [0.3, 0.4) is 0 Å². The van der Waals surface area contributed by atoms with Crippen molar-refractivity contribution in [2.24, 2.45) is 4.99 Å². The molecule has 1 aromatic carbocycles. The smallest absolute Gasteiger partial charge is 0.142 e. The van der Waals surface area contributed by atoms with Crippen molar-refractivity contribution >= 4 is 17.6 Å². The minimum Gasteiger partial charge on any atom is -0.495 e. The van der Waals surface area contributed by atoms with Crippen LogP contribution in [-0.4, -0.2) is 31.6 Å². The molecular weight excluding hydrogens is 274 g/mol. The van der Waals surface area contributed by atoms with Gasteiger partial charge in [0, 0.05) is 18.3 Å². The molecule has 0 atom stereocenters. The van der Waals surface area contributed by atoms with E-state index >= 15 is 0 Å². The predicted octanol–water partition coefficient (Wildman–Crippen LogP) is 4.29. The number of hydrogen-bond donors (Lipinski definition) is 2. The van der Waals surface area contributed by atoms with Gasteiger partial charge in [-0.3, -0.25) is 10.4 Å². The van der Waals surface area contributed by atoms with E-state index in [0.717, 1.165) is 42.8 Å². The molecule has 0 aliphatic heterocycles. The lowest BCUT2D eigenvalue weighted by Gasteiger charge is -2.15. The molecule has 120 valence electrons. The SMILES string of the molecule is CCCCCCNc1c(OC)cccc1C(=N)/C=N\C1CC1. The standard InChI is InChI=1S/C18H27N3O/c1-3-4-5-6-12-20-18-15(8-7-9-17(18)22-2)16(19)13-21-14-10-11-14/h7-9,13-14,19-20H,3-6,10-12H2,1-2H3/b19-16?,21-13-. The summed E-state index contributed by atoms with van der Waals surface area (Å²) in [6.07, 6.45) is 8.87. The molecule has 1 fully saturated rings. The van der Waals surface area contributed by atoms with Gasteiger partial charge in [-0.2, -0.15) is 0 Å². The van der Waals surface area contributed by atoms with Crippen LogP contribution in [-0.2, 0) is 0 Å². The van der Waals surface area contributed by atoms with Crippen LogP contribution in [0, 0.1) is 5.41 Å². The number of nitrogens with one attached hydrogen (secondary N) is 2. The summed E-state index contributed by atoms with van der Waals surface area (Å²) >= 11 is 0. The van der Waals surface area contributed by atoms with Crippen LogP contribution in [0.15, 0.2) is 23.2 Å². The molecule has 0 heterocycles. The summed E-state index contributed by atoms with van der Waals surface area (Å²) in [5.41, 5.74) is 2.22. The number of nitrogens with zero attached hydrogens (tertiary/aromatic N) is 1. The summed E-state index contributed by atoms with van der Waals surface area (Å²) in [5, 5.41) is 11.7. The van der Waals surface area contributed by atoms with Crippen LogP contribution in [0.1, 0.15) is 51.0 Å². The Kier molecular flexibility index (Phi) is 6.44. The highest BCUT2D eigenvalue weighted by Crippen LogP contribution is 2.29. The molecule has 0 amide bonds. The number of rotatable bonds is 10. The van der Waals surface area contributed by atoms with Crippen LogP contribution in [0.25, 0.3) is 0 Å². The fourth-order valence-electron chi connectivity index (χ4n) is 2.35. The lowest BCUT2D eigenvalue weighted by Crippen LogP contribution is -2.10. The van der Waals surface area contributed by atoms with Crippen LogP contribution in [0.5, 0.6) is 5.75 Å². The zero-order chi connectivity index (χ0) is 15.8. The molecule has 0 radical (unpaired) electrons. The van der Waals surface area contributed by atoms with Crippen molar-refractivity contribution in [1.29, 1.82) is 5.41 Å². The molecule has 0 aromatic heterocycles. The van der Waals surface area contributed by atoms with E-state index in [0.29, 0.717) is 11.8 Å². The molecule has 22 heavy (non-hydrogen) atoms. The van der Waals surface area contributed by atoms with Crippen molar-refractivity contribution < 1.29 is 4.74 Å². The molecule has 1 saturated carbocycles. The molecule has 4 nitrogen and oxygen atoms in total. The first kappa shape index (κ1) is 16.5. The van der Waals surface area contributed by atoms with Gasteiger partial charge in [-0.05, 0) is 25.3 Å². The Hall–Kier alpha value is -1.84. The van der Waals surface area contributed by atoms with Crippen LogP contribution >= 0.6 is 0 Å². The molecule has 0 spiro atoms. The monoisotopic (exact) mass is 301 g/mol. The van der Waals surface area contributed by atoms with Gasteiger partial charge in [-0.15, -0.1) is 0 Å². The lowest BCUT2D eigenvalue weighted by atomic mass is 10.1. The molecule has 1 aromatic rings. The number of hydrogen-bond acceptors (Lipinski definition) is 4. The summed E-state index contributed by atoms with van der Waals surface area (Å²) in [6, 6.07) is 6.26. The Labute approximate surface area is 133 Å². The van der Waals surface area contributed by atoms with E-state index in [2.05, 4.69) is 17.2 Å². The molecule has 2 N–H and O–H groups in total. The van der Waals surface area contributed by atoms with Crippen LogP contribution in [0.4, 0.5) is 5.69 Å². The number of aliphatic imine (C=N–C) groups is 1. The lowest BCUT2D eigenvalue weighted by molar-refractivity contribution is 0.416. The molecule has 2 rings (SSSR count). The zero-order valence-electron chi connectivity index (χ0n) is 13.7. The van der Waals surface area contributed by atoms with E-state index in [9.17, 15) is 0 Å². The Morgan fingerprint density at radius 2 is 2.18 bits per heavy atom. The minimum atomic E-state index is 0.441. The molecule has 4 heteroatoms. The van der Waals surface area contributed by atoms with E-state index in [1.165, 1.54) is 19.3 Å². The molecule has 0 bridgehead atoms. The van der Waals surface area contributed by atoms with Crippen molar-refractivity contribution in [1.82, 2.24) is 0 Å². The van der Waals surface area contributed by atoms with Crippen molar-refractivity contribution in [2.45, 2.75) is 51.5 Å². The van der Waals surface area contributed by atoms with Gasteiger partial charge in [0.15, 0.2) is 0 Å². The topological polar surface area (TPSA) is 57.5 Å². The molecule has 0 saturated heterocycles. The summed E-state index contributed by atoms with van der Waals surface area (Å²) in [7, 11) is 1.67. The number of ether oxygens (including phenoxy) is 1. The van der Waals surface area contributed by atoms with Gasteiger partial charge in [0.25, 0.3) is 0 Å². The van der Waals surface area contributed by atoms with E-state index in [1.807, 2.05) is 18.2 Å². The van der Waals surface area contributed by atoms with Gasteiger partial charge in [-0.25, -0.2) is 0 Å². The highest BCUT2D eigenvalue weighted by molar-refractivity contribution is 6.38. The number of unbranched alkanes of at least 4 members (excludes halogenated alkanes) is 3. The summed E-state index contributed by atoms with van der Waals surface area (Å²) < 4.78 is 5.45. The highest BCUT2D eigenvalue weighted by atomic mass is 16.5. The second-order valence-electron chi connectivity index (χ2n) is 5.79. The van der Waals surface area contributed by atoms with E-state index in [4.69, 9.17) is 10.1 Å². The molecule has 1 aliphatic carbocycles. The quantitative estimate of drug-likeness (QED) is 0.500. The summed E-state index contributed by atoms with van der Waals surface area (Å²) in [4.78, 5) is 4.41. The number of anilines is 1. The third-order valence-electron chi connectivity index (χ3n) is 3.83. The van der Waals surface area contributed by atoms with E-state index in [1.54, 1.807) is 13.3 Å². The first-order valence-corrected chi connectivity index (χ1v) is 8.29. The average Bonchev–Trinajstić information content (AvgIpc) is 3.36. The van der Waals surface area contributed by atoms with Crippen molar-refractivity contribution in [3.8, 4) is 5.75 Å². The Morgan fingerprint density at radius 1 is 1.36 bits per heavy atom. The van der Waals surface area contributed by atoms with Gasteiger partial charge >= 0.3 is 0 Å². The fourth-order valence-corrected chi connectivity index (χ4v) is 2.35. The summed E-state index contributed by atoms with van der Waals surface area (Å²) in [5.74, 6) is 0.789. The summed E-state index contributed by atoms with van der Waals surface area (Å²) in [6.45, 7) is 3.12. The van der Waals surface area contributed by atoms with Crippen molar-refractivity contribution in [3.05, 3.63) is 23.8 Å². The maximum absolute atomic E-state index is 8.26. The zero-order valence-corrected chi connectivity index (χ0v) is 13.7. The molecular formula is C18H27N3O. The number of methoxy groups -OCH3 is 1. The fraction of sp³-hybridized carbons (Fsp3) is 0.556. The van der Waals surface area contributed by atoms with Gasteiger partial charge in [0.2, 0.25) is 0 Å². The Bertz CT molecular complexity index is 521. The maximum atomic E-state index is 8.26. The van der Waals surface area contributed by atoms with Crippen LogP contribution in [0.2, 0.25) is 0 Å². The largest absolute Gasteiger partial charge is 0.495 e. The normalized spacial score (nSPS) is 14.3. The van der Waals surface area contributed by atoms with Gasteiger partial charge < -0.3 is 10.1 Å². The predicted molar refractivity (Wildman–Crippen MR) is 94.0 cm³/mol.